The van der Waals surface area contributed by atoms with Gasteiger partial charge in [0.15, 0.2) is 0 Å². The number of pyridine rings is 1. The van der Waals surface area contributed by atoms with E-state index < -0.39 is 11.9 Å². The van der Waals surface area contributed by atoms with Crippen molar-refractivity contribution in [1.82, 2.24) is 19.9 Å². The summed E-state index contributed by atoms with van der Waals surface area (Å²) in [5.74, 6) is -1.64. The second kappa shape index (κ2) is 6.46. The fourth-order valence-corrected chi connectivity index (χ4v) is 1.73. The first-order valence-electron chi connectivity index (χ1n) is 6.10. The zero-order chi connectivity index (χ0) is 14.4. The average Bonchev–Trinajstić information content (AvgIpc) is 2.96. The molecule has 2 aromatic heterocycles. The van der Waals surface area contributed by atoms with Crippen LogP contribution in [-0.2, 0) is 6.54 Å². The Balaban J connectivity index is 1.87. The van der Waals surface area contributed by atoms with Crippen molar-refractivity contribution in [3.63, 3.8) is 0 Å². The number of nitrogens with zero attached hydrogens (tertiary/aromatic N) is 3. The quantitative estimate of drug-likeness (QED) is 0.759. The number of nitrogens with one attached hydrogen (secondary N) is 1. The molecule has 0 aliphatic carbocycles. The molecule has 20 heavy (non-hydrogen) atoms. The number of aromatic carboxylic acids is 1. The Kier molecular flexibility index (Phi) is 4.43. The van der Waals surface area contributed by atoms with Crippen molar-refractivity contribution >= 4 is 11.9 Å². The third kappa shape index (κ3) is 3.41. The lowest BCUT2D eigenvalue weighted by Crippen LogP contribution is -2.28. The minimum atomic E-state index is -1.17. The van der Waals surface area contributed by atoms with Gasteiger partial charge in [-0.05, 0) is 18.6 Å². The molecule has 0 fully saturated rings. The molecule has 2 aromatic rings. The molecule has 1 amide bonds. The zero-order valence-corrected chi connectivity index (χ0v) is 10.7. The smallest absolute Gasteiger partial charge is 0.338 e. The second-order valence-electron chi connectivity index (χ2n) is 4.11. The molecule has 0 atom stereocenters. The maximum Gasteiger partial charge on any atom is 0.338 e. The third-order valence-electron chi connectivity index (χ3n) is 2.69. The number of carbonyl (C=O) groups is 2. The van der Waals surface area contributed by atoms with Crippen LogP contribution in [0.1, 0.15) is 27.3 Å². The summed E-state index contributed by atoms with van der Waals surface area (Å²) < 4.78 is 1.90. The van der Waals surface area contributed by atoms with E-state index in [9.17, 15) is 9.59 Å². The summed E-state index contributed by atoms with van der Waals surface area (Å²) in [6.07, 6.45) is 7.34. The van der Waals surface area contributed by atoms with Gasteiger partial charge in [-0.15, -0.1) is 0 Å². The lowest BCUT2D eigenvalue weighted by atomic mass is 10.2. The van der Waals surface area contributed by atoms with Crippen molar-refractivity contribution in [2.45, 2.75) is 13.0 Å². The Morgan fingerprint density at radius 1 is 1.35 bits per heavy atom. The van der Waals surface area contributed by atoms with Crippen molar-refractivity contribution in [1.29, 1.82) is 0 Å². The van der Waals surface area contributed by atoms with E-state index in [-0.39, 0.29) is 11.3 Å². The maximum absolute atomic E-state index is 11.9. The van der Waals surface area contributed by atoms with Crippen LogP contribution in [0.4, 0.5) is 0 Å². The van der Waals surface area contributed by atoms with Crippen LogP contribution in [0.25, 0.3) is 0 Å². The average molecular weight is 274 g/mol. The summed E-state index contributed by atoms with van der Waals surface area (Å²) in [4.78, 5) is 30.6. The van der Waals surface area contributed by atoms with E-state index in [1.807, 2.05) is 10.8 Å². The van der Waals surface area contributed by atoms with Crippen LogP contribution in [0.3, 0.4) is 0 Å². The van der Waals surface area contributed by atoms with Gasteiger partial charge in [-0.2, -0.15) is 0 Å². The fraction of sp³-hybridized carbons (Fsp3) is 0.231. The van der Waals surface area contributed by atoms with Crippen LogP contribution in [0.2, 0.25) is 0 Å². The van der Waals surface area contributed by atoms with Gasteiger partial charge < -0.3 is 15.0 Å². The minimum Gasteiger partial charge on any atom is -0.478 e. The van der Waals surface area contributed by atoms with Gasteiger partial charge in [0.05, 0.1) is 11.9 Å². The highest BCUT2D eigenvalue weighted by molar-refractivity contribution is 6.03. The number of rotatable bonds is 6. The van der Waals surface area contributed by atoms with Gasteiger partial charge in [-0.25, -0.2) is 9.78 Å². The van der Waals surface area contributed by atoms with Crippen LogP contribution in [0, 0.1) is 0 Å². The summed E-state index contributed by atoms with van der Waals surface area (Å²) in [5, 5.41) is 11.6. The molecule has 0 spiro atoms. The highest BCUT2D eigenvalue weighted by Crippen LogP contribution is 2.05. The second-order valence-corrected chi connectivity index (χ2v) is 4.11. The van der Waals surface area contributed by atoms with Crippen molar-refractivity contribution in [2.75, 3.05) is 6.54 Å². The van der Waals surface area contributed by atoms with E-state index in [0.29, 0.717) is 6.54 Å². The van der Waals surface area contributed by atoms with Crippen molar-refractivity contribution < 1.29 is 14.7 Å². The highest BCUT2D eigenvalue weighted by Gasteiger charge is 2.16. The van der Waals surface area contributed by atoms with Crippen LogP contribution in [0.15, 0.2) is 37.1 Å². The van der Waals surface area contributed by atoms with Crippen LogP contribution in [-0.4, -0.2) is 38.1 Å². The molecule has 2 N–H and O–H groups in total. The predicted molar refractivity (Wildman–Crippen MR) is 70.4 cm³/mol. The number of carbonyl (C=O) groups excluding carboxylic acids is 1. The van der Waals surface area contributed by atoms with Crippen LogP contribution >= 0.6 is 0 Å². The molecule has 0 bridgehead atoms. The van der Waals surface area contributed by atoms with E-state index in [4.69, 9.17) is 5.11 Å². The minimum absolute atomic E-state index is 0.0670. The molecule has 0 saturated heterocycles. The fourth-order valence-electron chi connectivity index (χ4n) is 1.73. The Bertz CT molecular complexity index is 595. The van der Waals surface area contributed by atoms with Gasteiger partial charge in [0.1, 0.15) is 5.69 Å². The number of hydrogen-bond donors (Lipinski definition) is 2. The predicted octanol–water partition coefficient (Wildman–Crippen LogP) is 0.796. The molecule has 0 radical (unpaired) electrons. The molecule has 0 aliphatic rings. The van der Waals surface area contributed by atoms with Crippen LogP contribution < -0.4 is 5.32 Å². The molecule has 0 saturated carbocycles. The molecule has 0 aromatic carbocycles. The number of aromatic nitrogens is 3. The molecule has 2 rings (SSSR count). The van der Waals surface area contributed by atoms with Gasteiger partial charge >= 0.3 is 5.97 Å². The molecular formula is C13H14N4O3. The maximum atomic E-state index is 11.9. The largest absolute Gasteiger partial charge is 0.478 e. The molecule has 0 unspecified atom stereocenters. The van der Waals surface area contributed by atoms with E-state index in [1.165, 1.54) is 18.3 Å². The third-order valence-corrected chi connectivity index (χ3v) is 2.69. The van der Waals surface area contributed by atoms with Crippen LogP contribution in [0.5, 0.6) is 0 Å². The van der Waals surface area contributed by atoms with E-state index in [1.54, 1.807) is 12.5 Å². The van der Waals surface area contributed by atoms with Gasteiger partial charge in [-0.3, -0.25) is 9.78 Å². The first-order valence-corrected chi connectivity index (χ1v) is 6.10. The Hall–Kier alpha value is -2.70. The van der Waals surface area contributed by atoms with Crippen molar-refractivity contribution in [3.05, 3.63) is 48.3 Å². The van der Waals surface area contributed by atoms with Gasteiger partial charge in [0.2, 0.25) is 0 Å². The van der Waals surface area contributed by atoms with Gasteiger partial charge in [-0.1, -0.05) is 0 Å². The number of imidazole rings is 1. The molecule has 104 valence electrons. The summed E-state index contributed by atoms with van der Waals surface area (Å²) in [7, 11) is 0. The first-order chi connectivity index (χ1) is 9.68. The standard InChI is InChI=1S/C13H14N4O3/c18-12(11-10(13(19)20)3-1-4-15-11)16-5-2-7-17-8-6-14-9-17/h1,3-4,6,8-9H,2,5,7H2,(H,16,18)(H,19,20). The normalized spacial score (nSPS) is 10.2. The van der Waals surface area contributed by atoms with E-state index >= 15 is 0 Å². The number of carboxylic acids is 1. The number of carboxylic acid groups (broad SMARTS) is 1. The van der Waals surface area contributed by atoms with Gasteiger partial charge in [0, 0.05) is 31.7 Å². The highest BCUT2D eigenvalue weighted by atomic mass is 16.4. The number of aryl methyl sites for hydroxylation is 1. The van der Waals surface area contributed by atoms with Gasteiger partial charge in [0.25, 0.3) is 5.91 Å². The zero-order valence-electron chi connectivity index (χ0n) is 10.7. The SMILES string of the molecule is O=C(O)c1cccnc1C(=O)NCCCn1ccnc1. The molecule has 7 nitrogen and oxygen atoms in total. The lowest BCUT2D eigenvalue weighted by molar-refractivity contribution is 0.0690. The summed E-state index contributed by atoms with van der Waals surface area (Å²) in [6.45, 7) is 1.17. The number of hydrogen-bond acceptors (Lipinski definition) is 4. The molecular weight excluding hydrogens is 260 g/mol. The lowest BCUT2D eigenvalue weighted by Gasteiger charge is -2.07. The first kappa shape index (κ1) is 13.7. The van der Waals surface area contributed by atoms with Crippen molar-refractivity contribution in [3.8, 4) is 0 Å². The monoisotopic (exact) mass is 274 g/mol. The summed E-state index contributed by atoms with van der Waals surface area (Å²) >= 11 is 0. The van der Waals surface area contributed by atoms with E-state index in [0.717, 1.165) is 13.0 Å². The Morgan fingerprint density at radius 2 is 2.20 bits per heavy atom. The Morgan fingerprint density at radius 3 is 2.90 bits per heavy atom. The molecule has 0 aliphatic heterocycles. The summed E-state index contributed by atoms with van der Waals surface area (Å²) in [5.41, 5.74) is -0.165. The van der Waals surface area contributed by atoms with E-state index in [2.05, 4.69) is 15.3 Å². The van der Waals surface area contributed by atoms with Crippen molar-refractivity contribution in [2.24, 2.45) is 0 Å². The number of amides is 1. The summed E-state index contributed by atoms with van der Waals surface area (Å²) in [6, 6.07) is 2.84. The molecule has 2 heterocycles. The topological polar surface area (TPSA) is 97.1 Å². The molecule has 7 heteroatoms. The Labute approximate surface area is 115 Å².